The Balaban J connectivity index is 2.17. The van der Waals surface area contributed by atoms with E-state index in [4.69, 9.17) is 21.4 Å². The van der Waals surface area contributed by atoms with E-state index < -0.39 is 17.8 Å². The normalized spacial score (nSPS) is 9.76. The van der Waals surface area contributed by atoms with Gasteiger partial charge in [0, 0.05) is 17.9 Å². The third-order valence-electron chi connectivity index (χ3n) is 2.32. The topological polar surface area (TPSA) is 105 Å². The number of benzene rings is 1. The summed E-state index contributed by atoms with van der Waals surface area (Å²) in [6, 6.07) is 6.47. The van der Waals surface area contributed by atoms with Crippen LogP contribution in [0.5, 0.6) is 5.75 Å². The number of carbonyl (C=O) groups is 3. The molecule has 0 radical (unpaired) electrons. The van der Waals surface area contributed by atoms with Gasteiger partial charge in [0.05, 0.1) is 0 Å². The summed E-state index contributed by atoms with van der Waals surface area (Å²) in [6.45, 7) is -0.267. The fourth-order valence-electron chi connectivity index (χ4n) is 1.32. The van der Waals surface area contributed by atoms with Gasteiger partial charge in [-0.25, -0.2) is 0 Å². The third kappa shape index (κ3) is 7.78. The van der Waals surface area contributed by atoms with Gasteiger partial charge >= 0.3 is 5.97 Å². The van der Waals surface area contributed by atoms with Gasteiger partial charge in [0.2, 0.25) is 5.91 Å². The molecule has 114 valence electrons. The van der Waals surface area contributed by atoms with Gasteiger partial charge in [-0.2, -0.15) is 0 Å². The summed E-state index contributed by atoms with van der Waals surface area (Å²) in [5.74, 6) is -1.49. The van der Waals surface area contributed by atoms with Gasteiger partial charge in [-0.1, -0.05) is 11.6 Å². The number of halogens is 1. The molecule has 1 aromatic rings. The molecule has 1 aromatic carbocycles. The first-order chi connectivity index (χ1) is 9.97. The zero-order valence-electron chi connectivity index (χ0n) is 11.1. The number of nitrogens with one attached hydrogen (secondary N) is 2. The van der Waals surface area contributed by atoms with Gasteiger partial charge in [0.15, 0.2) is 6.61 Å². The quantitative estimate of drug-likeness (QED) is 0.654. The zero-order chi connectivity index (χ0) is 15.7. The monoisotopic (exact) mass is 314 g/mol. The van der Waals surface area contributed by atoms with Gasteiger partial charge in [-0.05, 0) is 30.7 Å². The lowest BCUT2D eigenvalue weighted by molar-refractivity contribution is -0.137. The van der Waals surface area contributed by atoms with Crippen molar-refractivity contribution in [2.24, 2.45) is 0 Å². The lowest BCUT2D eigenvalue weighted by Crippen LogP contribution is -2.43. The Morgan fingerprint density at radius 2 is 1.67 bits per heavy atom. The average molecular weight is 315 g/mol. The maximum absolute atomic E-state index is 11.4. The van der Waals surface area contributed by atoms with Crippen molar-refractivity contribution in [3.63, 3.8) is 0 Å². The molecule has 0 aliphatic carbocycles. The first-order valence-corrected chi connectivity index (χ1v) is 6.53. The minimum atomic E-state index is -0.969. The van der Waals surface area contributed by atoms with Crippen LogP contribution in [0.2, 0.25) is 5.02 Å². The van der Waals surface area contributed by atoms with Crippen LogP contribution in [0.15, 0.2) is 24.3 Å². The number of carboxylic acid groups (broad SMARTS) is 1. The van der Waals surface area contributed by atoms with Crippen LogP contribution in [0.1, 0.15) is 19.3 Å². The van der Waals surface area contributed by atoms with Crippen LogP contribution < -0.4 is 15.6 Å². The molecular formula is C13H15ClN2O5. The molecule has 21 heavy (non-hydrogen) atoms. The number of aliphatic carboxylic acids is 1. The Morgan fingerprint density at radius 3 is 2.29 bits per heavy atom. The average Bonchev–Trinajstić information content (AvgIpc) is 2.44. The molecule has 3 N–H and O–H groups in total. The molecule has 0 aromatic heterocycles. The smallest absolute Gasteiger partial charge is 0.303 e. The van der Waals surface area contributed by atoms with Gasteiger partial charge in [-0.3, -0.25) is 25.2 Å². The molecule has 0 fully saturated rings. The summed E-state index contributed by atoms with van der Waals surface area (Å²) in [5, 5.41) is 8.97. The molecule has 0 saturated carbocycles. The first kappa shape index (κ1) is 16.8. The van der Waals surface area contributed by atoms with E-state index in [1.807, 2.05) is 0 Å². The molecule has 2 amide bonds. The second kappa shape index (κ2) is 8.80. The number of rotatable bonds is 7. The van der Waals surface area contributed by atoms with Crippen LogP contribution in [0, 0.1) is 0 Å². The summed E-state index contributed by atoms with van der Waals surface area (Å²) < 4.78 is 5.17. The number of hydrazine groups is 1. The number of hydrogen-bond acceptors (Lipinski definition) is 4. The van der Waals surface area contributed by atoms with E-state index in [0.29, 0.717) is 10.8 Å². The molecule has 7 nitrogen and oxygen atoms in total. The third-order valence-corrected chi connectivity index (χ3v) is 2.57. The molecule has 0 aliphatic rings. The number of hydrogen-bond donors (Lipinski definition) is 3. The zero-order valence-corrected chi connectivity index (χ0v) is 11.9. The number of ether oxygens (including phenoxy) is 1. The summed E-state index contributed by atoms with van der Waals surface area (Å²) in [4.78, 5) is 32.9. The van der Waals surface area contributed by atoms with Crippen molar-refractivity contribution in [2.45, 2.75) is 19.3 Å². The highest BCUT2D eigenvalue weighted by Gasteiger charge is 2.06. The first-order valence-electron chi connectivity index (χ1n) is 6.15. The van der Waals surface area contributed by atoms with Gasteiger partial charge < -0.3 is 9.84 Å². The molecule has 0 heterocycles. The Kier molecular flexibility index (Phi) is 7.03. The lowest BCUT2D eigenvalue weighted by Gasteiger charge is -2.08. The summed E-state index contributed by atoms with van der Waals surface area (Å²) in [6.07, 6.45) is 0.129. The van der Waals surface area contributed by atoms with E-state index in [1.165, 1.54) is 0 Å². The van der Waals surface area contributed by atoms with E-state index in [-0.39, 0.29) is 25.9 Å². The van der Waals surface area contributed by atoms with E-state index in [2.05, 4.69) is 10.9 Å². The highest BCUT2D eigenvalue weighted by atomic mass is 35.5. The molecule has 8 heteroatoms. The van der Waals surface area contributed by atoms with Gasteiger partial charge in [-0.15, -0.1) is 0 Å². The van der Waals surface area contributed by atoms with E-state index in [1.54, 1.807) is 24.3 Å². The van der Waals surface area contributed by atoms with Crippen molar-refractivity contribution in [1.82, 2.24) is 10.9 Å². The minimum absolute atomic E-state index is 0.0185. The Bertz CT molecular complexity index is 504. The fourth-order valence-corrected chi connectivity index (χ4v) is 1.44. The van der Waals surface area contributed by atoms with Crippen molar-refractivity contribution in [3.05, 3.63) is 29.3 Å². The van der Waals surface area contributed by atoms with Crippen LogP contribution in [0.25, 0.3) is 0 Å². The highest BCUT2D eigenvalue weighted by molar-refractivity contribution is 6.30. The Labute approximate surface area is 126 Å². The number of amides is 2. The van der Waals surface area contributed by atoms with E-state index >= 15 is 0 Å². The van der Waals surface area contributed by atoms with E-state index in [0.717, 1.165) is 0 Å². The lowest BCUT2D eigenvalue weighted by atomic mass is 10.2. The fraction of sp³-hybridized carbons (Fsp3) is 0.308. The Morgan fingerprint density at radius 1 is 1.05 bits per heavy atom. The van der Waals surface area contributed by atoms with E-state index in [9.17, 15) is 14.4 Å². The second-order valence-electron chi connectivity index (χ2n) is 4.09. The molecule has 0 atom stereocenters. The molecule has 0 spiro atoms. The SMILES string of the molecule is O=C(O)CCCC(=O)NNC(=O)COc1ccc(Cl)cc1. The largest absolute Gasteiger partial charge is 0.484 e. The van der Waals surface area contributed by atoms with Crippen LogP contribution in [0.4, 0.5) is 0 Å². The molecule has 0 bridgehead atoms. The van der Waals surface area contributed by atoms with Crippen molar-refractivity contribution < 1.29 is 24.2 Å². The van der Waals surface area contributed by atoms with Crippen LogP contribution in [-0.4, -0.2) is 29.5 Å². The number of carboxylic acids is 1. The van der Waals surface area contributed by atoms with Gasteiger partial charge in [0.1, 0.15) is 5.75 Å². The summed E-state index contributed by atoms with van der Waals surface area (Å²) in [5.41, 5.74) is 4.33. The molecule has 0 aliphatic heterocycles. The van der Waals surface area contributed by atoms with Crippen LogP contribution >= 0.6 is 11.6 Å². The summed E-state index contributed by atoms with van der Waals surface area (Å²) >= 11 is 5.70. The highest BCUT2D eigenvalue weighted by Crippen LogP contribution is 2.15. The standard InChI is InChI=1S/C13H15ClN2O5/c14-9-4-6-10(7-5-9)21-8-12(18)16-15-11(17)2-1-3-13(19)20/h4-7H,1-3,8H2,(H,15,17)(H,16,18)(H,19,20). The molecule has 0 saturated heterocycles. The molecule has 1 rings (SSSR count). The number of carbonyl (C=O) groups excluding carboxylic acids is 2. The minimum Gasteiger partial charge on any atom is -0.484 e. The molecular weight excluding hydrogens is 300 g/mol. The van der Waals surface area contributed by atoms with Crippen LogP contribution in [-0.2, 0) is 14.4 Å². The Hall–Kier alpha value is -2.28. The summed E-state index contributed by atoms with van der Waals surface area (Å²) in [7, 11) is 0. The predicted octanol–water partition coefficient (Wildman–Crippen LogP) is 1.12. The van der Waals surface area contributed by atoms with Crippen LogP contribution in [0.3, 0.4) is 0 Å². The maximum Gasteiger partial charge on any atom is 0.303 e. The second-order valence-corrected chi connectivity index (χ2v) is 4.52. The van der Waals surface area contributed by atoms with Crippen molar-refractivity contribution in [2.75, 3.05) is 6.61 Å². The van der Waals surface area contributed by atoms with Crippen molar-refractivity contribution in [3.8, 4) is 5.75 Å². The maximum atomic E-state index is 11.4. The van der Waals surface area contributed by atoms with Gasteiger partial charge in [0.25, 0.3) is 5.91 Å². The molecule has 0 unspecified atom stereocenters. The predicted molar refractivity (Wildman–Crippen MR) is 74.7 cm³/mol. The van der Waals surface area contributed by atoms with Crippen molar-refractivity contribution >= 4 is 29.4 Å². The van der Waals surface area contributed by atoms with Crippen molar-refractivity contribution in [1.29, 1.82) is 0 Å².